The van der Waals surface area contributed by atoms with Crippen LogP contribution >= 0.6 is 11.8 Å². The van der Waals surface area contributed by atoms with Gasteiger partial charge in [-0.15, -0.1) is 0 Å². The number of amides is 1. The number of benzene rings is 1. The number of rotatable bonds is 4. The number of aryl methyl sites for hydroxylation is 2. The fourth-order valence-corrected chi connectivity index (χ4v) is 3.76. The highest BCUT2D eigenvalue weighted by Crippen LogP contribution is 2.34. The number of nitrogens with zero attached hydrogens (tertiary/aromatic N) is 4. The summed E-state index contributed by atoms with van der Waals surface area (Å²) in [5, 5.41) is 3.25. The van der Waals surface area contributed by atoms with Crippen molar-refractivity contribution in [2.24, 2.45) is 21.1 Å². The van der Waals surface area contributed by atoms with Gasteiger partial charge in [-0.05, 0) is 12.1 Å². The second-order valence-electron chi connectivity index (χ2n) is 6.24. The first-order chi connectivity index (χ1) is 13.4. The molecule has 0 radical (unpaired) electrons. The van der Waals surface area contributed by atoms with Crippen LogP contribution in [0.5, 0.6) is 11.5 Å². The van der Waals surface area contributed by atoms with E-state index in [0.717, 1.165) is 4.57 Å². The number of carbonyl (C=O) groups is 1. The molecule has 1 N–H and O–H groups in total. The monoisotopic (exact) mass is 403 g/mol. The fraction of sp³-hybridized carbons (Fsp3) is 0.294. The summed E-state index contributed by atoms with van der Waals surface area (Å²) in [4.78, 5) is 41.0. The van der Waals surface area contributed by atoms with E-state index in [1.165, 1.54) is 23.4 Å². The topological polar surface area (TPSA) is 109 Å². The van der Waals surface area contributed by atoms with Gasteiger partial charge in [0.05, 0.1) is 5.75 Å². The molecule has 0 atom stereocenters. The van der Waals surface area contributed by atoms with E-state index in [1.807, 2.05) is 0 Å². The molecule has 28 heavy (non-hydrogen) atoms. The molecule has 0 bridgehead atoms. The third-order valence-corrected chi connectivity index (χ3v) is 5.44. The molecule has 0 unspecified atom stereocenters. The van der Waals surface area contributed by atoms with Gasteiger partial charge in [-0.3, -0.25) is 18.7 Å². The SMILES string of the molecule is Cn1c(=O)c2nc(SCC(=O)Nc3ccc4c(c3)OCO4)n(C)c2n(C)c1=O. The molecule has 10 nitrogen and oxygen atoms in total. The van der Waals surface area contributed by atoms with E-state index in [4.69, 9.17) is 9.47 Å². The number of carbonyl (C=O) groups excluding carboxylic acids is 1. The molecule has 3 aromatic rings. The van der Waals surface area contributed by atoms with E-state index in [9.17, 15) is 14.4 Å². The molecule has 146 valence electrons. The zero-order chi connectivity index (χ0) is 20.0. The van der Waals surface area contributed by atoms with Crippen LogP contribution in [0.1, 0.15) is 0 Å². The summed E-state index contributed by atoms with van der Waals surface area (Å²) in [6, 6.07) is 5.15. The molecule has 0 saturated carbocycles. The molecule has 0 saturated heterocycles. The number of hydrogen-bond acceptors (Lipinski definition) is 7. The number of nitrogens with one attached hydrogen (secondary N) is 1. The van der Waals surface area contributed by atoms with Gasteiger partial charge >= 0.3 is 5.69 Å². The standard InChI is InChI=1S/C17H17N5O5S/c1-20-14-13(15(24)22(3)17(25)21(14)2)19-16(20)28-7-12(23)18-9-4-5-10-11(6-9)27-8-26-10/h4-6H,7-8H2,1-3H3,(H,18,23). The van der Waals surface area contributed by atoms with Crippen LogP contribution in [0.25, 0.3) is 11.2 Å². The second-order valence-corrected chi connectivity index (χ2v) is 7.18. The molecular weight excluding hydrogens is 386 g/mol. The summed E-state index contributed by atoms with van der Waals surface area (Å²) >= 11 is 1.18. The molecule has 11 heteroatoms. The Labute approximate surface area is 162 Å². The summed E-state index contributed by atoms with van der Waals surface area (Å²) in [5.74, 6) is 1.06. The Morgan fingerprint density at radius 1 is 1.14 bits per heavy atom. The Kier molecular flexibility index (Phi) is 4.38. The lowest BCUT2D eigenvalue weighted by Gasteiger charge is -2.07. The molecule has 4 rings (SSSR count). The van der Waals surface area contributed by atoms with Crippen LogP contribution in [0.3, 0.4) is 0 Å². The number of anilines is 1. The molecule has 2 aromatic heterocycles. The van der Waals surface area contributed by atoms with Gasteiger partial charge in [0.15, 0.2) is 27.8 Å². The first kappa shape index (κ1) is 18.2. The average molecular weight is 403 g/mol. The maximum Gasteiger partial charge on any atom is 0.332 e. The van der Waals surface area contributed by atoms with Crippen molar-refractivity contribution >= 4 is 34.5 Å². The second kappa shape index (κ2) is 6.75. The molecule has 1 aromatic carbocycles. The minimum atomic E-state index is -0.467. The number of hydrogen-bond donors (Lipinski definition) is 1. The molecule has 3 heterocycles. The van der Waals surface area contributed by atoms with Crippen molar-refractivity contribution in [2.75, 3.05) is 17.9 Å². The number of fused-ring (bicyclic) bond motifs is 2. The van der Waals surface area contributed by atoms with Crippen molar-refractivity contribution in [2.45, 2.75) is 5.16 Å². The molecule has 1 aliphatic heterocycles. The van der Waals surface area contributed by atoms with Gasteiger partial charge in [-0.1, -0.05) is 11.8 Å². The minimum absolute atomic E-state index is 0.0832. The lowest BCUT2D eigenvalue weighted by atomic mass is 10.3. The van der Waals surface area contributed by atoms with Gasteiger partial charge in [0, 0.05) is 32.9 Å². The van der Waals surface area contributed by atoms with Gasteiger partial charge in [0.1, 0.15) is 0 Å². The molecular formula is C17H17N5O5S. The Balaban J connectivity index is 1.53. The molecule has 1 aliphatic rings. The predicted molar refractivity (Wildman–Crippen MR) is 103 cm³/mol. The van der Waals surface area contributed by atoms with E-state index in [1.54, 1.807) is 36.9 Å². The summed E-state index contributed by atoms with van der Waals surface area (Å²) in [6.07, 6.45) is 0. The van der Waals surface area contributed by atoms with E-state index >= 15 is 0 Å². The highest BCUT2D eigenvalue weighted by molar-refractivity contribution is 7.99. The number of imidazole rings is 1. The van der Waals surface area contributed by atoms with Crippen LogP contribution in [0.2, 0.25) is 0 Å². The lowest BCUT2D eigenvalue weighted by Crippen LogP contribution is -2.37. The first-order valence-electron chi connectivity index (χ1n) is 8.31. The average Bonchev–Trinajstić information content (AvgIpc) is 3.27. The number of thioether (sulfide) groups is 1. The Morgan fingerprint density at radius 2 is 1.89 bits per heavy atom. The molecule has 0 fully saturated rings. The summed E-state index contributed by atoms with van der Waals surface area (Å²) in [5.41, 5.74) is 0.289. The maximum atomic E-state index is 12.3. The van der Waals surface area contributed by atoms with Crippen molar-refractivity contribution in [1.29, 1.82) is 0 Å². The third-order valence-electron chi connectivity index (χ3n) is 4.41. The fourth-order valence-electron chi connectivity index (χ4n) is 2.99. The molecule has 0 spiro atoms. The van der Waals surface area contributed by atoms with Crippen LogP contribution in [-0.4, -0.2) is 37.1 Å². The number of ether oxygens (including phenoxy) is 2. The van der Waals surface area contributed by atoms with Gasteiger partial charge in [0.2, 0.25) is 12.7 Å². The number of aromatic nitrogens is 4. The predicted octanol–water partition coefficient (Wildman–Crippen LogP) is 0.430. The van der Waals surface area contributed by atoms with Crippen LogP contribution in [-0.2, 0) is 25.9 Å². The molecule has 1 amide bonds. The summed E-state index contributed by atoms with van der Waals surface area (Å²) in [6.45, 7) is 0.164. The van der Waals surface area contributed by atoms with Crippen molar-refractivity contribution in [3.63, 3.8) is 0 Å². The zero-order valence-corrected chi connectivity index (χ0v) is 16.2. The van der Waals surface area contributed by atoms with Gasteiger partial charge < -0.3 is 19.4 Å². The summed E-state index contributed by atoms with van der Waals surface area (Å²) in [7, 11) is 4.68. The highest BCUT2D eigenvalue weighted by Gasteiger charge is 2.18. The Morgan fingerprint density at radius 3 is 2.68 bits per heavy atom. The van der Waals surface area contributed by atoms with Crippen LogP contribution in [0, 0.1) is 0 Å². The third kappa shape index (κ3) is 2.93. The smallest absolute Gasteiger partial charge is 0.332 e. The van der Waals surface area contributed by atoms with Crippen molar-refractivity contribution in [1.82, 2.24) is 18.7 Å². The van der Waals surface area contributed by atoms with Gasteiger partial charge in [-0.25, -0.2) is 9.78 Å². The van der Waals surface area contributed by atoms with Crippen LogP contribution < -0.4 is 26.0 Å². The van der Waals surface area contributed by atoms with Crippen molar-refractivity contribution in [3.05, 3.63) is 39.0 Å². The normalized spacial score (nSPS) is 12.5. The molecule has 0 aliphatic carbocycles. The first-order valence-corrected chi connectivity index (χ1v) is 9.30. The highest BCUT2D eigenvalue weighted by atomic mass is 32.2. The van der Waals surface area contributed by atoms with E-state index in [0.29, 0.717) is 28.0 Å². The van der Waals surface area contributed by atoms with E-state index in [-0.39, 0.29) is 24.0 Å². The minimum Gasteiger partial charge on any atom is -0.454 e. The summed E-state index contributed by atoms with van der Waals surface area (Å²) < 4.78 is 14.5. The van der Waals surface area contributed by atoms with Crippen LogP contribution in [0.4, 0.5) is 5.69 Å². The maximum absolute atomic E-state index is 12.3. The van der Waals surface area contributed by atoms with Crippen molar-refractivity contribution in [3.8, 4) is 11.5 Å². The van der Waals surface area contributed by atoms with Gasteiger partial charge in [0.25, 0.3) is 5.56 Å². The van der Waals surface area contributed by atoms with Gasteiger partial charge in [-0.2, -0.15) is 0 Å². The Bertz CT molecular complexity index is 1230. The van der Waals surface area contributed by atoms with E-state index < -0.39 is 11.2 Å². The Hall–Kier alpha value is -3.21. The van der Waals surface area contributed by atoms with Crippen molar-refractivity contribution < 1.29 is 14.3 Å². The quantitative estimate of drug-likeness (QED) is 0.629. The largest absolute Gasteiger partial charge is 0.454 e. The van der Waals surface area contributed by atoms with Crippen LogP contribution in [0.15, 0.2) is 32.9 Å². The van der Waals surface area contributed by atoms with E-state index in [2.05, 4.69) is 10.3 Å². The lowest BCUT2D eigenvalue weighted by molar-refractivity contribution is -0.113. The zero-order valence-electron chi connectivity index (χ0n) is 15.4.